The van der Waals surface area contributed by atoms with Crippen LogP contribution in [0.25, 0.3) is 0 Å². The number of nitrogens with zero attached hydrogens (tertiary/aromatic N) is 1. The molecule has 2 aromatic carbocycles. The molecule has 122 valence electrons. The number of nitrogens with one attached hydrogen (secondary N) is 2. The minimum atomic E-state index is -0.525. The normalized spacial score (nSPS) is 10.8. The van der Waals surface area contributed by atoms with E-state index in [-0.39, 0.29) is 12.1 Å². The molecule has 4 nitrogen and oxygen atoms in total. The van der Waals surface area contributed by atoms with E-state index >= 15 is 0 Å². The van der Waals surface area contributed by atoms with Crippen LogP contribution in [-0.4, -0.2) is 5.91 Å². The van der Waals surface area contributed by atoms with Gasteiger partial charge in [-0.1, -0.05) is 59.1 Å². The zero-order valence-corrected chi connectivity index (χ0v) is 14.6. The van der Waals surface area contributed by atoms with E-state index in [1.165, 1.54) is 6.20 Å². The van der Waals surface area contributed by atoms with Crippen LogP contribution in [0.3, 0.4) is 0 Å². The minimum Gasteiger partial charge on any atom is -0.359 e. The van der Waals surface area contributed by atoms with Gasteiger partial charge in [-0.05, 0) is 23.8 Å². The van der Waals surface area contributed by atoms with Gasteiger partial charge in [0.05, 0.1) is 15.7 Å². The van der Waals surface area contributed by atoms with Crippen molar-refractivity contribution in [2.24, 2.45) is 0 Å². The number of carbonyl (C=O) groups excluding carboxylic acids is 1. The minimum absolute atomic E-state index is 0.0990. The van der Waals surface area contributed by atoms with Crippen molar-refractivity contribution in [2.75, 3.05) is 5.32 Å². The maximum Gasteiger partial charge on any atom is 0.263 e. The van der Waals surface area contributed by atoms with Crippen molar-refractivity contribution in [3.63, 3.8) is 0 Å². The molecule has 0 saturated heterocycles. The van der Waals surface area contributed by atoms with E-state index in [0.717, 1.165) is 5.56 Å². The molecule has 0 atom stereocenters. The van der Waals surface area contributed by atoms with E-state index < -0.39 is 5.91 Å². The van der Waals surface area contributed by atoms with Crippen molar-refractivity contribution in [3.8, 4) is 6.07 Å². The zero-order chi connectivity index (χ0) is 17.5. The third-order valence-electron chi connectivity index (χ3n) is 3.09. The van der Waals surface area contributed by atoms with Crippen LogP contribution in [0.2, 0.25) is 15.1 Å². The van der Waals surface area contributed by atoms with Crippen molar-refractivity contribution in [1.82, 2.24) is 5.32 Å². The lowest BCUT2D eigenvalue weighted by atomic mass is 10.2. The molecule has 0 heterocycles. The highest BCUT2D eigenvalue weighted by Gasteiger charge is 2.10. The van der Waals surface area contributed by atoms with E-state index in [2.05, 4.69) is 10.6 Å². The second-order valence-corrected chi connectivity index (χ2v) is 5.88. The molecule has 0 aliphatic heterocycles. The summed E-state index contributed by atoms with van der Waals surface area (Å²) in [6.07, 6.45) is 1.28. The van der Waals surface area contributed by atoms with Gasteiger partial charge < -0.3 is 10.6 Å². The second kappa shape index (κ2) is 8.60. The molecule has 2 aromatic rings. The highest BCUT2D eigenvalue weighted by atomic mass is 35.5. The number of halogens is 3. The highest BCUT2D eigenvalue weighted by Crippen LogP contribution is 2.29. The Hall–Kier alpha value is -2.19. The Morgan fingerprint density at radius 1 is 1.08 bits per heavy atom. The molecule has 0 aliphatic carbocycles. The van der Waals surface area contributed by atoms with Crippen molar-refractivity contribution >= 4 is 46.4 Å². The molecule has 2 N–H and O–H groups in total. The number of carbonyl (C=O) groups is 1. The summed E-state index contributed by atoms with van der Waals surface area (Å²) in [5.74, 6) is -0.525. The third kappa shape index (κ3) is 4.65. The molecular formula is C17H12Cl3N3O. The molecule has 0 fully saturated rings. The number of amides is 1. The van der Waals surface area contributed by atoms with Crippen LogP contribution >= 0.6 is 34.8 Å². The standard InChI is InChI=1S/C17H12Cl3N3O/c18-13-5-2-1-4-11(13)9-23-17(24)12(8-21)10-22-15-7-3-6-14(19)16(15)20/h1-7,10,22H,9H2,(H,23,24)/b12-10-. The molecule has 24 heavy (non-hydrogen) atoms. The molecule has 0 saturated carbocycles. The van der Waals surface area contributed by atoms with Gasteiger partial charge in [-0.25, -0.2) is 0 Å². The quantitative estimate of drug-likeness (QED) is 0.579. The predicted octanol–water partition coefficient (Wildman–Crippen LogP) is 4.78. The van der Waals surface area contributed by atoms with E-state index in [4.69, 9.17) is 40.1 Å². The Balaban J connectivity index is 2.05. The van der Waals surface area contributed by atoms with E-state index in [1.807, 2.05) is 12.1 Å². The Morgan fingerprint density at radius 2 is 1.79 bits per heavy atom. The van der Waals surface area contributed by atoms with Crippen LogP contribution in [0.1, 0.15) is 5.56 Å². The summed E-state index contributed by atoms with van der Waals surface area (Å²) in [6.45, 7) is 0.218. The van der Waals surface area contributed by atoms with Gasteiger partial charge in [0, 0.05) is 17.8 Å². The molecule has 0 aliphatic rings. The van der Waals surface area contributed by atoms with Crippen LogP contribution in [0.15, 0.2) is 54.2 Å². The fourth-order valence-corrected chi connectivity index (χ4v) is 2.38. The number of anilines is 1. The summed E-state index contributed by atoms with van der Waals surface area (Å²) >= 11 is 18.0. The average molecular weight is 381 g/mol. The molecule has 0 spiro atoms. The molecule has 0 unspecified atom stereocenters. The maximum atomic E-state index is 12.1. The van der Waals surface area contributed by atoms with Gasteiger partial charge in [0.2, 0.25) is 0 Å². The van der Waals surface area contributed by atoms with E-state index in [0.29, 0.717) is 20.8 Å². The smallest absolute Gasteiger partial charge is 0.263 e. The summed E-state index contributed by atoms with van der Waals surface area (Å²) in [5.41, 5.74) is 1.16. The van der Waals surface area contributed by atoms with Gasteiger partial charge >= 0.3 is 0 Å². The van der Waals surface area contributed by atoms with Gasteiger partial charge in [0.1, 0.15) is 11.6 Å². The Morgan fingerprint density at radius 3 is 2.50 bits per heavy atom. The SMILES string of the molecule is N#C/C(=C/Nc1cccc(Cl)c1Cl)C(=O)NCc1ccccc1Cl. The predicted molar refractivity (Wildman–Crippen MR) is 97.1 cm³/mol. The fourth-order valence-electron chi connectivity index (χ4n) is 1.83. The summed E-state index contributed by atoms with van der Waals surface area (Å²) in [6, 6.07) is 14.0. The molecule has 0 radical (unpaired) electrons. The van der Waals surface area contributed by atoms with Crippen molar-refractivity contribution in [2.45, 2.75) is 6.54 Å². The van der Waals surface area contributed by atoms with E-state index in [1.54, 1.807) is 36.4 Å². The van der Waals surface area contributed by atoms with Gasteiger partial charge in [-0.15, -0.1) is 0 Å². The molecule has 7 heteroatoms. The molecular weight excluding hydrogens is 369 g/mol. The first-order valence-electron chi connectivity index (χ1n) is 6.85. The number of hydrogen-bond acceptors (Lipinski definition) is 3. The highest BCUT2D eigenvalue weighted by molar-refractivity contribution is 6.43. The summed E-state index contributed by atoms with van der Waals surface area (Å²) in [4.78, 5) is 12.1. The van der Waals surface area contributed by atoms with Crippen molar-refractivity contribution in [3.05, 3.63) is 74.9 Å². The van der Waals surface area contributed by atoms with Crippen molar-refractivity contribution < 1.29 is 4.79 Å². The lowest BCUT2D eigenvalue weighted by molar-refractivity contribution is -0.117. The number of hydrogen-bond donors (Lipinski definition) is 2. The molecule has 0 bridgehead atoms. The van der Waals surface area contributed by atoms with E-state index in [9.17, 15) is 4.79 Å². The van der Waals surface area contributed by atoms with Crippen LogP contribution in [0.5, 0.6) is 0 Å². The lowest BCUT2D eigenvalue weighted by Gasteiger charge is -2.08. The first-order chi connectivity index (χ1) is 11.5. The van der Waals surface area contributed by atoms with Crippen LogP contribution < -0.4 is 10.6 Å². The van der Waals surface area contributed by atoms with Gasteiger partial charge in [0.25, 0.3) is 5.91 Å². The Bertz CT molecular complexity index is 828. The summed E-state index contributed by atoms with van der Waals surface area (Å²) < 4.78 is 0. The largest absolute Gasteiger partial charge is 0.359 e. The third-order valence-corrected chi connectivity index (χ3v) is 4.27. The number of rotatable bonds is 5. The van der Waals surface area contributed by atoms with Crippen LogP contribution in [0, 0.1) is 11.3 Å². The summed E-state index contributed by atoms with van der Waals surface area (Å²) in [5, 5.41) is 15.8. The fraction of sp³-hybridized carbons (Fsp3) is 0.0588. The first-order valence-corrected chi connectivity index (χ1v) is 7.98. The van der Waals surface area contributed by atoms with Crippen LogP contribution in [0.4, 0.5) is 5.69 Å². The van der Waals surface area contributed by atoms with Crippen molar-refractivity contribution in [1.29, 1.82) is 5.26 Å². The van der Waals surface area contributed by atoms with Gasteiger partial charge in [-0.3, -0.25) is 4.79 Å². The maximum absolute atomic E-state index is 12.1. The first kappa shape index (κ1) is 18.2. The number of benzene rings is 2. The monoisotopic (exact) mass is 379 g/mol. The topological polar surface area (TPSA) is 64.9 Å². The molecule has 1 amide bonds. The second-order valence-electron chi connectivity index (χ2n) is 4.69. The average Bonchev–Trinajstić information content (AvgIpc) is 2.58. The number of nitriles is 1. The summed E-state index contributed by atoms with van der Waals surface area (Å²) in [7, 11) is 0. The lowest BCUT2D eigenvalue weighted by Crippen LogP contribution is -2.24. The Kier molecular flexibility index (Phi) is 6.51. The van der Waals surface area contributed by atoms with Crippen LogP contribution in [-0.2, 0) is 11.3 Å². The molecule has 2 rings (SSSR count). The van der Waals surface area contributed by atoms with Gasteiger partial charge in [-0.2, -0.15) is 5.26 Å². The zero-order valence-electron chi connectivity index (χ0n) is 12.3. The van der Waals surface area contributed by atoms with Gasteiger partial charge in [0.15, 0.2) is 0 Å². The Labute approximate surface area is 154 Å². The molecule has 0 aromatic heterocycles.